The van der Waals surface area contributed by atoms with Crippen LogP contribution in [0.5, 0.6) is 0 Å². The van der Waals surface area contributed by atoms with Gasteiger partial charge in [0.2, 0.25) is 0 Å². The van der Waals surface area contributed by atoms with Gasteiger partial charge in [0.05, 0.1) is 0 Å². The van der Waals surface area contributed by atoms with Gasteiger partial charge in [-0.25, -0.2) is 0 Å². The summed E-state index contributed by atoms with van der Waals surface area (Å²) in [4.78, 5) is 19.0. The molecule has 2 heterocycles. The van der Waals surface area contributed by atoms with Crippen molar-refractivity contribution >= 4 is 37.9 Å². The van der Waals surface area contributed by atoms with E-state index in [1.54, 1.807) is 12.3 Å². The number of hydrogen-bond acceptors (Lipinski definition) is 3. The van der Waals surface area contributed by atoms with E-state index in [-0.39, 0.29) is 0 Å². The van der Waals surface area contributed by atoms with Crippen molar-refractivity contribution in [1.29, 1.82) is 0 Å². The Morgan fingerprint density at radius 1 is 1.43 bits per heavy atom. The first-order valence-corrected chi connectivity index (χ1v) is 4.96. The molecule has 2 rings (SSSR count). The number of aldehydes is 1. The van der Waals surface area contributed by atoms with E-state index in [0.717, 1.165) is 17.2 Å². The summed E-state index contributed by atoms with van der Waals surface area (Å²) in [6.45, 7) is 1.96. The van der Waals surface area contributed by atoms with E-state index in [9.17, 15) is 4.79 Å². The Labute approximate surface area is 89.4 Å². The Hall–Kier alpha value is -1.25. The van der Waals surface area contributed by atoms with Crippen LogP contribution in [0.1, 0.15) is 15.9 Å². The molecule has 0 amide bonds. The normalized spacial score (nSPS) is 10.4. The van der Waals surface area contributed by atoms with E-state index < -0.39 is 0 Å². The summed E-state index contributed by atoms with van der Waals surface area (Å²) in [5, 5.41) is 0.895. The molecule has 0 aromatic carbocycles. The Morgan fingerprint density at radius 2 is 2.21 bits per heavy atom. The van der Waals surface area contributed by atoms with Crippen LogP contribution >= 0.6 is 0 Å². The van der Waals surface area contributed by atoms with Gasteiger partial charge in [-0.3, -0.25) is 0 Å². The van der Waals surface area contributed by atoms with Crippen LogP contribution in [0, 0.1) is 6.92 Å². The summed E-state index contributed by atoms with van der Waals surface area (Å²) >= 11 is 2.75. The molecule has 0 aliphatic carbocycles. The molecule has 0 saturated carbocycles. The average molecular weight is 250 g/mol. The van der Waals surface area contributed by atoms with Gasteiger partial charge in [0.1, 0.15) is 0 Å². The van der Waals surface area contributed by atoms with Crippen molar-refractivity contribution in [1.82, 2.24) is 9.97 Å². The van der Waals surface area contributed by atoms with Gasteiger partial charge in [-0.2, -0.15) is 0 Å². The molecular formula is C10H7N2OSe. The monoisotopic (exact) mass is 251 g/mol. The van der Waals surface area contributed by atoms with Crippen LogP contribution in [-0.4, -0.2) is 32.3 Å². The van der Waals surface area contributed by atoms with E-state index in [1.807, 2.05) is 13.0 Å². The second-order valence-corrected chi connectivity index (χ2v) is 3.87. The zero-order valence-electron chi connectivity index (χ0n) is 7.52. The number of nitrogens with zero attached hydrogens (tertiary/aromatic N) is 2. The van der Waals surface area contributed by atoms with E-state index >= 15 is 0 Å². The first kappa shape index (κ1) is 9.31. The molecule has 0 aliphatic rings. The number of hydrogen-bond donors (Lipinski definition) is 0. The molecule has 4 heteroatoms. The van der Waals surface area contributed by atoms with Crippen LogP contribution in [-0.2, 0) is 0 Å². The Bertz CT molecular complexity index is 511. The third kappa shape index (κ3) is 1.54. The van der Waals surface area contributed by atoms with Crippen LogP contribution in [0.2, 0.25) is 0 Å². The van der Waals surface area contributed by atoms with E-state index in [0.29, 0.717) is 15.8 Å². The molecule has 0 N–H and O–H groups in total. The second-order valence-electron chi connectivity index (χ2n) is 3.06. The van der Waals surface area contributed by atoms with Gasteiger partial charge >= 0.3 is 89.1 Å². The van der Waals surface area contributed by atoms with E-state index in [2.05, 4.69) is 26.0 Å². The van der Waals surface area contributed by atoms with E-state index in [1.165, 1.54) is 0 Å². The molecule has 14 heavy (non-hydrogen) atoms. The number of carbonyl (C=O) groups is 1. The average Bonchev–Trinajstić information content (AvgIpc) is 2.17. The quantitative estimate of drug-likeness (QED) is 0.548. The number of fused-ring (bicyclic) bond motifs is 1. The van der Waals surface area contributed by atoms with Crippen LogP contribution in [0.4, 0.5) is 0 Å². The van der Waals surface area contributed by atoms with Gasteiger partial charge in [0, 0.05) is 0 Å². The third-order valence-corrected chi connectivity index (χ3v) is 2.61. The van der Waals surface area contributed by atoms with Gasteiger partial charge in [-0.1, -0.05) is 0 Å². The van der Waals surface area contributed by atoms with Crippen LogP contribution in [0.3, 0.4) is 0 Å². The molecule has 0 saturated heterocycles. The molecule has 0 atom stereocenters. The first-order chi connectivity index (χ1) is 6.70. The molecule has 1 radical (unpaired) electrons. The van der Waals surface area contributed by atoms with Gasteiger partial charge in [-0.05, 0) is 0 Å². The molecule has 0 aliphatic heterocycles. The van der Waals surface area contributed by atoms with Gasteiger partial charge in [0.15, 0.2) is 0 Å². The fourth-order valence-electron chi connectivity index (χ4n) is 1.26. The summed E-state index contributed by atoms with van der Waals surface area (Å²) < 4.78 is 0.601. The van der Waals surface area contributed by atoms with Gasteiger partial charge in [-0.15, -0.1) is 0 Å². The first-order valence-electron chi connectivity index (χ1n) is 4.10. The number of pyridine rings is 2. The third-order valence-electron chi connectivity index (χ3n) is 1.92. The maximum atomic E-state index is 10.7. The summed E-state index contributed by atoms with van der Waals surface area (Å²) in [6, 6.07) is 3.75. The van der Waals surface area contributed by atoms with Crippen molar-refractivity contribution < 1.29 is 4.79 Å². The van der Waals surface area contributed by atoms with Crippen LogP contribution in [0.25, 0.3) is 11.0 Å². The van der Waals surface area contributed by atoms with Crippen LogP contribution in [0.15, 0.2) is 18.3 Å². The molecule has 0 spiro atoms. The van der Waals surface area contributed by atoms with Crippen LogP contribution < -0.4 is 4.59 Å². The predicted octanol–water partition coefficient (Wildman–Crippen LogP) is 0.545. The van der Waals surface area contributed by atoms with Crippen molar-refractivity contribution in [2.24, 2.45) is 0 Å². The summed E-state index contributed by atoms with van der Waals surface area (Å²) in [7, 11) is 0. The number of aromatic nitrogens is 2. The number of aryl methyl sites for hydroxylation is 1. The molecule has 0 bridgehead atoms. The summed E-state index contributed by atoms with van der Waals surface area (Å²) in [5.74, 6) is 0. The summed E-state index contributed by atoms with van der Waals surface area (Å²) in [5.41, 5.74) is 2.30. The Kier molecular flexibility index (Phi) is 2.31. The van der Waals surface area contributed by atoms with E-state index in [4.69, 9.17) is 0 Å². The van der Waals surface area contributed by atoms with Crippen molar-refractivity contribution in [3.05, 3.63) is 29.5 Å². The van der Waals surface area contributed by atoms with Gasteiger partial charge < -0.3 is 0 Å². The maximum absolute atomic E-state index is 10.7. The molecule has 3 nitrogen and oxygen atoms in total. The summed E-state index contributed by atoms with van der Waals surface area (Å²) in [6.07, 6.45) is 2.55. The minimum atomic E-state index is 0.574. The molecule has 69 valence electrons. The Morgan fingerprint density at radius 3 is 2.93 bits per heavy atom. The van der Waals surface area contributed by atoms with Crippen molar-refractivity contribution in [2.75, 3.05) is 0 Å². The van der Waals surface area contributed by atoms with Crippen molar-refractivity contribution in [2.45, 2.75) is 6.92 Å². The standard InChI is InChI=1S/C10H7N2OSe/c1-6-2-7-3-8(5-13)10(14)12-9(7)11-4-6/h2-5H,1H3. The molecule has 2 aromatic rings. The SMILES string of the molecule is Cc1cnc2nc([Se])c(C=O)cc2c1. The zero-order chi connectivity index (χ0) is 10.1. The molecule has 0 fully saturated rings. The van der Waals surface area contributed by atoms with Crippen molar-refractivity contribution in [3.8, 4) is 0 Å². The second kappa shape index (κ2) is 3.48. The van der Waals surface area contributed by atoms with Crippen molar-refractivity contribution in [3.63, 3.8) is 0 Å². The molecular weight excluding hydrogens is 243 g/mol. The fourth-order valence-corrected chi connectivity index (χ4v) is 1.66. The van der Waals surface area contributed by atoms with Gasteiger partial charge in [0.25, 0.3) is 0 Å². The fraction of sp³-hybridized carbons (Fsp3) is 0.100. The topological polar surface area (TPSA) is 42.9 Å². The number of rotatable bonds is 1. The molecule has 0 unspecified atom stereocenters. The Balaban J connectivity index is 2.79. The number of carbonyl (C=O) groups excluding carboxylic acids is 1. The molecule has 2 aromatic heterocycles. The minimum absolute atomic E-state index is 0.574. The predicted molar refractivity (Wildman–Crippen MR) is 55.1 cm³/mol. The zero-order valence-corrected chi connectivity index (χ0v) is 9.23.